The van der Waals surface area contributed by atoms with E-state index in [0.717, 1.165) is 54.4 Å². The highest BCUT2D eigenvalue weighted by Gasteiger charge is 2.53. The minimum absolute atomic E-state index is 0.174. The molecule has 31 heavy (non-hydrogen) atoms. The molecule has 8 nitrogen and oxygen atoms in total. The highest BCUT2D eigenvalue weighted by molar-refractivity contribution is 5.66. The molecule has 0 spiro atoms. The van der Waals surface area contributed by atoms with Gasteiger partial charge < -0.3 is 4.90 Å². The Morgan fingerprint density at radius 2 is 1.97 bits per heavy atom. The number of anilines is 1. The number of imidazole rings is 1. The molecular formula is C23H24N8. The number of fused-ring (bicyclic) bond motifs is 6. The average Bonchev–Trinajstić information content (AvgIpc) is 3.57. The van der Waals surface area contributed by atoms with Crippen molar-refractivity contribution in [2.24, 2.45) is 0 Å². The molecule has 0 radical (unpaired) electrons. The summed E-state index contributed by atoms with van der Waals surface area (Å²) in [6.45, 7) is 4.49. The molecule has 8 heteroatoms. The summed E-state index contributed by atoms with van der Waals surface area (Å²) >= 11 is 0. The third-order valence-electron chi connectivity index (χ3n) is 6.85. The van der Waals surface area contributed by atoms with Crippen molar-refractivity contribution in [1.82, 2.24) is 34.3 Å². The summed E-state index contributed by atoms with van der Waals surface area (Å²) in [7, 11) is 0. The maximum atomic E-state index is 5.12. The van der Waals surface area contributed by atoms with Crippen molar-refractivity contribution < 1.29 is 0 Å². The number of aromatic nitrogens is 7. The third kappa shape index (κ3) is 2.44. The van der Waals surface area contributed by atoms with Crippen molar-refractivity contribution in [3.63, 3.8) is 0 Å². The van der Waals surface area contributed by atoms with E-state index in [4.69, 9.17) is 9.97 Å². The molecule has 0 N–H and O–H groups in total. The zero-order chi connectivity index (χ0) is 21.0. The van der Waals surface area contributed by atoms with Crippen LogP contribution in [0.3, 0.4) is 0 Å². The molecule has 0 amide bonds. The van der Waals surface area contributed by atoms with Gasteiger partial charge in [-0.1, -0.05) is 44.2 Å². The SMILES string of the molecule is CC[C@@H]1CC[C@@]2(CC)c3nncn3-c3cnc(-n4ccnc4-c4ccccc4)nc3N12. The Morgan fingerprint density at radius 1 is 1.10 bits per heavy atom. The highest BCUT2D eigenvalue weighted by atomic mass is 15.4. The zero-order valence-corrected chi connectivity index (χ0v) is 17.7. The van der Waals surface area contributed by atoms with Crippen LogP contribution in [0.15, 0.2) is 55.2 Å². The van der Waals surface area contributed by atoms with Crippen molar-refractivity contribution in [2.45, 2.75) is 51.1 Å². The maximum Gasteiger partial charge on any atom is 0.237 e. The summed E-state index contributed by atoms with van der Waals surface area (Å²) in [5.74, 6) is 3.41. The molecule has 0 aliphatic carbocycles. The molecule has 5 heterocycles. The van der Waals surface area contributed by atoms with Crippen LogP contribution in [-0.2, 0) is 5.54 Å². The minimum atomic E-state index is -0.174. The van der Waals surface area contributed by atoms with Gasteiger partial charge in [-0.3, -0.25) is 9.13 Å². The van der Waals surface area contributed by atoms with E-state index >= 15 is 0 Å². The van der Waals surface area contributed by atoms with Crippen LogP contribution in [0.2, 0.25) is 0 Å². The summed E-state index contributed by atoms with van der Waals surface area (Å²) in [5, 5.41) is 8.79. The van der Waals surface area contributed by atoms with Gasteiger partial charge in [0.25, 0.3) is 0 Å². The largest absolute Gasteiger partial charge is 0.339 e. The van der Waals surface area contributed by atoms with E-state index in [1.54, 1.807) is 12.5 Å². The molecule has 1 saturated heterocycles. The Balaban J connectivity index is 1.55. The second-order valence-electron chi connectivity index (χ2n) is 8.25. The minimum Gasteiger partial charge on any atom is -0.339 e. The van der Waals surface area contributed by atoms with E-state index in [1.807, 2.05) is 35.2 Å². The van der Waals surface area contributed by atoms with E-state index < -0.39 is 0 Å². The maximum absolute atomic E-state index is 5.12. The van der Waals surface area contributed by atoms with Gasteiger partial charge in [-0.2, -0.15) is 4.98 Å². The fourth-order valence-corrected chi connectivity index (χ4v) is 5.31. The van der Waals surface area contributed by atoms with Crippen molar-refractivity contribution >= 4 is 5.82 Å². The lowest BCUT2D eigenvalue weighted by molar-refractivity contribution is 0.371. The van der Waals surface area contributed by atoms with E-state index in [9.17, 15) is 0 Å². The van der Waals surface area contributed by atoms with Gasteiger partial charge >= 0.3 is 0 Å². The molecule has 2 aliphatic heterocycles. The molecule has 2 atom stereocenters. The summed E-state index contributed by atoms with van der Waals surface area (Å²) in [6, 6.07) is 10.6. The van der Waals surface area contributed by atoms with Crippen LogP contribution in [0.1, 0.15) is 45.4 Å². The van der Waals surface area contributed by atoms with Crippen molar-refractivity contribution in [3.8, 4) is 23.0 Å². The Labute approximate surface area is 180 Å². The quantitative estimate of drug-likeness (QED) is 0.506. The van der Waals surface area contributed by atoms with Gasteiger partial charge in [0.2, 0.25) is 5.95 Å². The molecule has 0 saturated carbocycles. The number of nitrogens with zero attached hydrogens (tertiary/aromatic N) is 8. The number of benzene rings is 1. The smallest absolute Gasteiger partial charge is 0.237 e. The van der Waals surface area contributed by atoms with Gasteiger partial charge in [-0.25, -0.2) is 9.97 Å². The second kappa shape index (κ2) is 6.73. The Morgan fingerprint density at radius 3 is 2.77 bits per heavy atom. The van der Waals surface area contributed by atoms with Crippen LogP contribution in [-0.4, -0.2) is 40.3 Å². The molecular weight excluding hydrogens is 388 g/mol. The van der Waals surface area contributed by atoms with E-state index in [0.29, 0.717) is 12.0 Å². The van der Waals surface area contributed by atoms with Crippen LogP contribution in [0.4, 0.5) is 5.82 Å². The van der Waals surface area contributed by atoms with E-state index in [2.05, 4.69) is 50.6 Å². The molecule has 2 aliphatic rings. The van der Waals surface area contributed by atoms with Gasteiger partial charge in [-0.05, 0) is 25.7 Å². The van der Waals surface area contributed by atoms with Crippen molar-refractivity contribution in [2.75, 3.05) is 4.90 Å². The van der Waals surface area contributed by atoms with E-state index in [1.165, 1.54) is 0 Å². The molecule has 1 aromatic carbocycles. The van der Waals surface area contributed by atoms with E-state index in [-0.39, 0.29) is 5.54 Å². The van der Waals surface area contributed by atoms with Gasteiger partial charge in [-0.15, -0.1) is 10.2 Å². The molecule has 0 unspecified atom stereocenters. The number of hydrogen-bond acceptors (Lipinski definition) is 6. The zero-order valence-electron chi connectivity index (χ0n) is 17.7. The topological polar surface area (TPSA) is 77.5 Å². The molecule has 1 fully saturated rings. The first-order valence-electron chi connectivity index (χ1n) is 10.9. The van der Waals surface area contributed by atoms with Crippen LogP contribution in [0.25, 0.3) is 23.0 Å². The highest BCUT2D eigenvalue weighted by Crippen LogP contribution is 2.51. The van der Waals surface area contributed by atoms with Gasteiger partial charge in [0.05, 0.1) is 6.20 Å². The number of hydrogen-bond donors (Lipinski definition) is 0. The first-order valence-corrected chi connectivity index (χ1v) is 10.9. The molecule has 156 valence electrons. The molecule has 0 bridgehead atoms. The lowest BCUT2D eigenvalue weighted by atomic mass is 9.90. The average molecular weight is 413 g/mol. The third-order valence-corrected chi connectivity index (χ3v) is 6.85. The van der Waals surface area contributed by atoms with Gasteiger partial charge in [0.15, 0.2) is 11.6 Å². The summed E-state index contributed by atoms with van der Waals surface area (Å²) in [4.78, 5) is 16.9. The lowest BCUT2D eigenvalue weighted by Gasteiger charge is -2.44. The lowest BCUT2D eigenvalue weighted by Crippen LogP contribution is -2.50. The fraction of sp³-hybridized carbons (Fsp3) is 0.348. The first kappa shape index (κ1) is 18.2. The van der Waals surface area contributed by atoms with Crippen LogP contribution in [0, 0.1) is 0 Å². The van der Waals surface area contributed by atoms with Crippen molar-refractivity contribution in [3.05, 3.63) is 61.1 Å². The van der Waals surface area contributed by atoms with Gasteiger partial charge in [0, 0.05) is 24.0 Å². The number of rotatable bonds is 4. The van der Waals surface area contributed by atoms with Crippen LogP contribution < -0.4 is 4.90 Å². The summed E-state index contributed by atoms with van der Waals surface area (Å²) < 4.78 is 4.03. The summed E-state index contributed by atoms with van der Waals surface area (Å²) in [5.41, 5.74) is 1.80. The molecule has 6 rings (SSSR count). The standard InChI is InChI=1S/C23H24N8/c1-3-17-10-11-23(4-2)21-28-26-15-30(21)18-14-25-22(27-20(18)31(17)23)29-13-12-24-19(29)16-8-6-5-7-9-16/h5-9,12-15,17H,3-4,10-11H2,1-2H3/t17-,23+/m1/s1. The Bertz CT molecular complexity index is 1240. The van der Waals surface area contributed by atoms with Crippen LogP contribution >= 0.6 is 0 Å². The summed E-state index contributed by atoms with van der Waals surface area (Å²) in [6.07, 6.45) is 11.6. The van der Waals surface area contributed by atoms with Crippen molar-refractivity contribution in [1.29, 1.82) is 0 Å². The Kier molecular flexibility index (Phi) is 3.96. The predicted octanol–water partition coefficient (Wildman–Crippen LogP) is 3.91. The van der Waals surface area contributed by atoms with Gasteiger partial charge in [0.1, 0.15) is 23.4 Å². The molecule has 4 aromatic rings. The normalized spacial score (nSPS) is 21.6. The predicted molar refractivity (Wildman–Crippen MR) is 117 cm³/mol. The molecule has 3 aromatic heterocycles. The first-order chi connectivity index (χ1) is 15.3. The monoisotopic (exact) mass is 412 g/mol. The fourth-order valence-electron chi connectivity index (χ4n) is 5.31. The second-order valence-corrected chi connectivity index (χ2v) is 8.25. The van der Waals surface area contributed by atoms with Crippen LogP contribution in [0.5, 0.6) is 0 Å². The Hall–Kier alpha value is -3.55.